The number of aromatic nitrogens is 3. The van der Waals surface area contributed by atoms with Gasteiger partial charge in [0.25, 0.3) is 0 Å². The molecule has 1 aromatic heterocycles. The third-order valence-corrected chi connectivity index (χ3v) is 2.95. The molecule has 0 spiro atoms. The number of nitrogens with zero attached hydrogens (tertiary/aromatic N) is 3. The number of hydrogen-bond acceptors (Lipinski definition) is 5. The van der Waals surface area contributed by atoms with E-state index in [2.05, 4.69) is 10.3 Å². The van der Waals surface area contributed by atoms with E-state index in [1.54, 1.807) is 11.8 Å². The third kappa shape index (κ3) is 2.80. The van der Waals surface area contributed by atoms with Crippen LogP contribution in [0.4, 0.5) is 0 Å². The first-order valence-electron chi connectivity index (χ1n) is 5.55. The lowest BCUT2D eigenvalue weighted by Gasteiger charge is -2.11. The van der Waals surface area contributed by atoms with Crippen molar-refractivity contribution < 1.29 is 9.47 Å². The van der Waals surface area contributed by atoms with Gasteiger partial charge in [0.2, 0.25) is 0 Å². The smallest absolute Gasteiger partial charge is 0.145 e. The van der Waals surface area contributed by atoms with Crippen LogP contribution in [0.2, 0.25) is 0 Å². The molecule has 17 heavy (non-hydrogen) atoms. The third-order valence-electron chi connectivity index (χ3n) is 2.75. The summed E-state index contributed by atoms with van der Waals surface area (Å²) in [4.78, 5) is 0.246. The van der Waals surface area contributed by atoms with Crippen LogP contribution in [0.3, 0.4) is 0 Å². The van der Waals surface area contributed by atoms with Crippen LogP contribution >= 0.6 is 12.2 Å². The molecule has 0 aliphatic carbocycles. The molecule has 6 nitrogen and oxygen atoms in total. The molecule has 1 aliphatic heterocycles. The second-order valence-electron chi connectivity index (χ2n) is 4.00. The molecular formula is C10H16N4O2S. The van der Waals surface area contributed by atoms with Crippen LogP contribution in [0.1, 0.15) is 24.2 Å². The zero-order chi connectivity index (χ0) is 12.3. The molecule has 1 aliphatic rings. The highest BCUT2D eigenvalue weighted by molar-refractivity contribution is 7.80. The molecule has 0 bridgehead atoms. The number of thiocarbonyl (C=S) groups is 1. The van der Waals surface area contributed by atoms with Crippen molar-refractivity contribution >= 4 is 17.2 Å². The van der Waals surface area contributed by atoms with Crippen LogP contribution in [0.25, 0.3) is 0 Å². The molecule has 0 radical (unpaired) electrons. The standard InChI is InChI=1S/C10H16N4O2S/c1-15-6-8-9(10(11)17)12-13-14(8)5-7-3-2-4-16-7/h7H,2-6H2,1H3,(H2,11,17). The van der Waals surface area contributed by atoms with E-state index in [9.17, 15) is 0 Å². The first-order valence-corrected chi connectivity index (χ1v) is 5.96. The summed E-state index contributed by atoms with van der Waals surface area (Å²) in [6.07, 6.45) is 2.35. The monoisotopic (exact) mass is 256 g/mol. The Balaban J connectivity index is 2.17. The van der Waals surface area contributed by atoms with Crippen molar-refractivity contribution in [1.82, 2.24) is 15.0 Å². The predicted molar refractivity (Wildman–Crippen MR) is 65.6 cm³/mol. The van der Waals surface area contributed by atoms with Gasteiger partial charge in [0.1, 0.15) is 10.7 Å². The summed E-state index contributed by atoms with van der Waals surface area (Å²) < 4.78 is 12.5. The Labute approximate surface area is 105 Å². The second kappa shape index (κ2) is 5.52. The van der Waals surface area contributed by atoms with Gasteiger partial charge in [-0.05, 0) is 12.8 Å². The minimum atomic E-state index is 0.200. The van der Waals surface area contributed by atoms with Gasteiger partial charge in [0.15, 0.2) is 0 Å². The van der Waals surface area contributed by atoms with Gasteiger partial charge in [-0.15, -0.1) is 5.10 Å². The number of rotatable bonds is 5. The zero-order valence-electron chi connectivity index (χ0n) is 9.76. The molecule has 0 amide bonds. The first kappa shape index (κ1) is 12.4. The Hall–Kier alpha value is -1.05. The van der Waals surface area contributed by atoms with Crippen LogP contribution in [0.15, 0.2) is 0 Å². The highest BCUT2D eigenvalue weighted by Crippen LogP contribution is 2.16. The molecule has 2 heterocycles. The summed E-state index contributed by atoms with van der Waals surface area (Å²) in [5.41, 5.74) is 6.95. The van der Waals surface area contributed by atoms with Crippen molar-refractivity contribution in [3.8, 4) is 0 Å². The summed E-state index contributed by atoms with van der Waals surface area (Å²) in [7, 11) is 1.62. The number of nitrogens with two attached hydrogens (primary N) is 1. The number of ether oxygens (including phenoxy) is 2. The lowest BCUT2D eigenvalue weighted by Crippen LogP contribution is -2.20. The Morgan fingerprint density at radius 3 is 3.12 bits per heavy atom. The minimum absolute atomic E-state index is 0.200. The Morgan fingerprint density at radius 1 is 1.71 bits per heavy atom. The van der Waals surface area contributed by atoms with Gasteiger partial charge >= 0.3 is 0 Å². The largest absolute Gasteiger partial charge is 0.388 e. The summed E-state index contributed by atoms with van der Waals surface area (Å²) >= 11 is 4.93. The van der Waals surface area contributed by atoms with E-state index in [-0.39, 0.29) is 11.1 Å². The Kier molecular flexibility index (Phi) is 4.03. The molecule has 0 saturated carbocycles. The van der Waals surface area contributed by atoms with Crippen LogP contribution in [-0.2, 0) is 22.6 Å². The molecule has 1 aromatic rings. The number of hydrogen-bond donors (Lipinski definition) is 1. The van der Waals surface area contributed by atoms with Gasteiger partial charge in [-0.2, -0.15) is 0 Å². The van der Waals surface area contributed by atoms with E-state index in [1.807, 2.05) is 0 Å². The van der Waals surface area contributed by atoms with Crippen LogP contribution < -0.4 is 5.73 Å². The summed E-state index contributed by atoms with van der Waals surface area (Å²) in [6.45, 7) is 1.89. The lowest BCUT2D eigenvalue weighted by atomic mass is 10.2. The molecule has 1 unspecified atom stereocenters. The summed E-state index contributed by atoms with van der Waals surface area (Å²) in [5, 5.41) is 8.05. The van der Waals surface area contributed by atoms with Gasteiger partial charge in [0, 0.05) is 13.7 Å². The van der Waals surface area contributed by atoms with Crippen molar-refractivity contribution in [3.05, 3.63) is 11.4 Å². The molecule has 0 aromatic carbocycles. The van der Waals surface area contributed by atoms with Crippen LogP contribution in [0, 0.1) is 0 Å². The van der Waals surface area contributed by atoms with Crippen molar-refractivity contribution in [1.29, 1.82) is 0 Å². The predicted octanol–water partition coefficient (Wildman–Crippen LogP) is 0.238. The van der Waals surface area contributed by atoms with Gasteiger partial charge in [-0.1, -0.05) is 17.4 Å². The highest BCUT2D eigenvalue weighted by Gasteiger charge is 2.21. The molecule has 7 heteroatoms. The van der Waals surface area contributed by atoms with Gasteiger partial charge < -0.3 is 15.2 Å². The second-order valence-corrected chi connectivity index (χ2v) is 4.44. The quantitative estimate of drug-likeness (QED) is 0.761. The molecule has 94 valence electrons. The van der Waals surface area contributed by atoms with Crippen molar-refractivity contribution in [2.75, 3.05) is 13.7 Å². The molecule has 1 saturated heterocycles. The molecule has 1 fully saturated rings. The molecular weight excluding hydrogens is 240 g/mol. The van der Waals surface area contributed by atoms with Gasteiger partial charge in [0.05, 0.1) is 24.9 Å². The fourth-order valence-corrected chi connectivity index (χ4v) is 2.09. The fraction of sp³-hybridized carbons (Fsp3) is 0.700. The molecule has 2 N–H and O–H groups in total. The topological polar surface area (TPSA) is 75.2 Å². The van der Waals surface area contributed by atoms with E-state index in [0.29, 0.717) is 18.8 Å². The summed E-state index contributed by atoms with van der Waals surface area (Å²) in [6, 6.07) is 0. The first-order chi connectivity index (χ1) is 8.22. The van der Waals surface area contributed by atoms with Crippen molar-refractivity contribution in [3.63, 3.8) is 0 Å². The lowest BCUT2D eigenvalue weighted by molar-refractivity contribution is 0.0900. The number of methoxy groups -OCH3 is 1. The van der Waals surface area contributed by atoms with Crippen LogP contribution in [0.5, 0.6) is 0 Å². The Bertz CT molecular complexity index is 401. The highest BCUT2D eigenvalue weighted by atomic mass is 32.1. The van der Waals surface area contributed by atoms with E-state index in [4.69, 9.17) is 27.4 Å². The maximum atomic E-state index is 5.60. The average Bonchev–Trinajstić information content (AvgIpc) is 2.90. The van der Waals surface area contributed by atoms with E-state index in [1.165, 1.54) is 0 Å². The molecule has 1 atom stereocenters. The zero-order valence-corrected chi connectivity index (χ0v) is 10.6. The fourth-order valence-electron chi connectivity index (χ4n) is 1.93. The maximum Gasteiger partial charge on any atom is 0.145 e. The van der Waals surface area contributed by atoms with Gasteiger partial charge in [-0.3, -0.25) is 0 Å². The summed E-state index contributed by atoms with van der Waals surface area (Å²) in [5.74, 6) is 0. The van der Waals surface area contributed by atoms with E-state index >= 15 is 0 Å². The van der Waals surface area contributed by atoms with Crippen molar-refractivity contribution in [2.24, 2.45) is 5.73 Å². The van der Waals surface area contributed by atoms with E-state index < -0.39 is 0 Å². The maximum absolute atomic E-state index is 5.60. The normalized spacial score (nSPS) is 19.7. The van der Waals surface area contributed by atoms with E-state index in [0.717, 1.165) is 25.1 Å². The Morgan fingerprint density at radius 2 is 2.53 bits per heavy atom. The average molecular weight is 256 g/mol. The van der Waals surface area contributed by atoms with Crippen LogP contribution in [-0.4, -0.2) is 39.8 Å². The van der Waals surface area contributed by atoms with Gasteiger partial charge in [-0.25, -0.2) is 4.68 Å². The minimum Gasteiger partial charge on any atom is -0.388 e. The molecule has 2 rings (SSSR count). The SMILES string of the molecule is COCc1c(C(N)=S)nnn1CC1CCCO1. The van der Waals surface area contributed by atoms with Crippen molar-refractivity contribution in [2.45, 2.75) is 32.1 Å².